The number of aromatic nitrogens is 8. The van der Waals surface area contributed by atoms with Crippen molar-refractivity contribution >= 4 is 50.7 Å². The number of halogens is 4. The lowest BCUT2D eigenvalue weighted by atomic mass is 10.0. The van der Waals surface area contributed by atoms with E-state index in [0.717, 1.165) is 81.5 Å². The Kier molecular flexibility index (Phi) is 20.6. The molecule has 6 aromatic carbocycles. The monoisotopic (exact) mass is 1050 g/mol. The van der Waals surface area contributed by atoms with Crippen LogP contribution >= 0.6 is 11.6 Å². The van der Waals surface area contributed by atoms with Crippen LogP contribution in [0, 0.1) is 0 Å². The fourth-order valence-electron chi connectivity index (χ4n) is 8.32. The first kappa shape index (κ1) is 56.0. The van der Waals surface area contributed by atoms with E-state index in [1.165, 1.54) is 49.7 Å². The zero-order chi connectivity index (χ0) is 48.3. The molecular weight excluding hydrogens is 988 g/mol. The predicted molar refractivity (Wildman–Crippen MR) is 278 cm³/mol. The van der Waals surface area contributed by atoms with Gasteiger partial charge in [-0.1, -0.05) is 66.2 Å². The Morgan fingerprint density at radius 1 is 0.528 bits per heavy atom. The van der Waals surface area contributed by atoms with Crippen molar-refractivity contribution in [1.29, 1.82) is 0 Å². The molecule has 0 saturated carbocycles. The highest BCUT2D eigenvalue weighted by atomic mass is 35.5. The number of benzene rings is 6. The molecule has 0 radical (unpaired) electrons. The second kappa shape index (κ2) is 26.5. The fourth-order valence-corrected chi connectivity index (χ4v) is 8.47. The first-order valence-corrected chi connectivity index (χ1v) is 23.0. The number of nitrogens with zero attached hydrogens (tertiary/aromatic N) is 8. The summed E-state index contributed by atoms with van der Waals surface area (Å²) in [6, 6.07) is 48.9. The quantitative estimate of drug-likeness (QED) is 0.132. The number of para-hydroxylation sites is 6. The van der Waals surface area contributed by atoms with E-state index in [1.54, 1.807) is 26.6 Å². The molecule has 0 atom stereocenters. The third kappa shape index (κ3) is 13.7. The molecular formula is C55H61Cl4N11O2. The summed E-state index contributed by atoms with van der Waals surface area (Å²) in [5, 5.41) is 0.422. The Hall–Kier alpha value is -6.94. The number of hydrogen-bond donors (Lipinski definition) is 3. The number of hydrogen-bond acceptors (Lipinski definition) is 8. The molecule has 0 unspecified atom stereocenters. The lowest BCUT2D eigenvalue weighted by Gasteiger charge is -2.15. The molecule has 10 rings (SSSR count). The molecule has 0 aliphatic rings. The van der Waals surface area contributed by atoms with Gasteiger partial charge >= 0.3 is 0 Å². The molecule has 0 spiro atoms. The Labute approximate surface area is 446 Å². The maximum absolute atomic E-state index is 5.80. The SMILES string of the molecule is COc1ccccc1-c1cc(Cc2ccc([NH+](C)C)c(Cn3cnc4ccccc43)c2)ncn1.COc1ccccc1-c1cc(Cl)ncn1.C[NH+](C)c1ccc([NH3+])cc1Cn1cnc2ccccc21.[Cl-].[Cl-].[Cl-].[HH].[HH]. The number of rotatable bonds is 12. The van der Waals surface area contributed by atoms with Crippen LogP contribution in [0.25, 0.3) is 44.6 Å². The van der Waals surface area contributed by atoms with Crippen molar-refractivity contribution in [2.24, 2.45) is 0 Å². The highest BCUT2D eigenvalue weighted by Crippen LogP contribution is 2.30. The molecule has 10 aromatic rings. The molecule has 0 aliphatic heterocycles. The smallest absolute Gasteiger partial charge is 0.136 e. The average Bonchev–Trinajstić information content (AvgIpc) is 3.98. The van der Waals surface area contributed by atoms with Crippen LogP contribution in [0.15, 0.2) is 171 Å². The molecule has 0 amide bonds. The van der Waals surface area contributed by atoms with E-state index in [9.17, 15) is 0 Å². The van der Waals surface area contributed by atoms with E-state index in [4.69, 9.17) is 21.1 Å². The average molecular weight is 1050 g/mol. The van der Waals surface area contributed by atoms with Crippen LogP contribution in [0.1, 0.15) is 25.2 Å². The maximum atomic E-state index is 5.80. The molecule has 13 nitrogen and oxygen atoms in total. The van der Waals surface area contributed by atoms with Gasteiger partial charge in [-0.2, -0.15) is 0 Å². The third-order valence-electron chi connectivity index (χ3n) is 11.7. The molecule has 0 fully saturated rings. The van der Waals surface area contributed by atoms with Gasteiger partial charge in [0.1, 0.15) is 46.4 Å². The Balaban J connectivity index is 0.000000309. The second-order valence-electron chi connectivity index (χ2n) is 16.9. The zero-order valence-electron chi connectivity index (χ0n) is 40.9. The van der Waals surface area contributed by atoms with Crippen LogP contribution in [-0.4, -0.2) is 81.4 Å². The van der Waals surface area contributed by atoms with Crippen LogP contribution in [0.4, 0.5) is 17.1 Å². The first-order chi connectivity index (χ1) is 33.6. The molecule has 72 heavy (non-hydrogen) atoms. The van der Waals surface area contributed by atoms with Gasteiger partial charge in [0.15, 0.2) is 0 Å². The highest BCUT2D eigenvalue weighted by Gasteiger charge is 2.16. The van der Waals surface area contributed by atoms with Crippen LogP contribution in [0.5, 0.6) is 11.5 Å². The standard InChI is InChI=1S/C28H27N5O.C16H18N4.C11H9ClN2O.3ClH.2H2/c1-32(2)26-13-12-20(14-21(26)17-33-19-31-24-9-5-6-10-27(24)33)15-22-16-25(30-18-29-22)23-8-4-7-11-28(23)34-3;1-19(2)15-8-7-13(17)9-12(15)10-20-11-18-14-5-3-4-6-16(14)20;1-15-10-5-3-2-4-8(10)9-6-11(12)14-7-13-9;;;;;/h4-14,16,18-19H,15,17H2,1-3H3;3-9,11H,10,17H2,1-2H3;2-7H,1H3;5*1H. The Morgan fingerprint density at radius 2 is 1.00 bits per heavy atom. The van der Waals surface area contributed by atoms with Gasteiger partial charge in [0, 0.05) is 61.5 Å². The van der Waals surface area contributed by atoms with Crippen molar-refractivity contribution in [3.63, 3.8) is 0 Å². The van der Waals surface area contributed by atoms with Crippen LogP contribution in [0.2, 0.25) is 5.15 Å². The lowest BCUT2D eigenvalue weighted by molar-refractivity contribution is -0.786. The Morgan fingerprint density at radius 3 is 1.53 bits per heavy atom. The van der Waals surface area contributed by atoms with Gasteiger partial charge in [-0.15, -0.1) is 0 Å². The number of nitrogens with one attached hydrogen (secondary N) is 2. The number of quaternary nitrogens is 3. The van der Waals surface area contributed by atoms with Crippen LogP contribution < -0.4 is 62.2 Å². The van der Waals surface area contributed by atoms with Crippen LogP contribution in [-0.2, 0) is 19.5 Å². The highest BCUT2D eigenvalue weighted by molar-refractivity contribution is 6.29. The van der Waals surface area contributed by atoms with Crippen molar-refractivity contribution in [3.05, 3.63) is 198 Å². The topological polar surface area (TPSA) is 142 Å². The minimum absolute atomic E-state index is 0. The number of fused-ring (bicyclic) bond motifs is 2. The maximum Gasteiger partial charge on any atom is 0.136 e. The molecule has 17 heteroatoms. The summed E-state index contributed by atoms with van der Waals surface area (Å²) in [5.74, 6) is 1.58. The third-order valence-corrected chi connectivity index (χ3v) is 11.9. The largest absolute Gasteiger partial charge is 1.00 e. The molecule has 0 bridgehead atoms. The van der Waals surface area contributed by atoms with Gasteiger partial charge in [-0.25, -0.2) is 29.9 Å². The fraction of sp³-hybridized carbons (Fsp3) is 0.164. The second-order valence-corrected chi connectivity index (χ2v) is 17.3. The van der Waals surface area contributed by atoms with Gasteiger partial charge in [-0.3, -0.25) is 0 Å². The van der Waals surface area contributed by atoms with Crippen molar-refractivity contribution in [3.8, 4) is 34.0 Å². The van der Waals surface area contributed by atoms with E-state index in [2.05, 4.69) is 140 Å². The molecule has 5 N–H and O–H groups in total. The molecule has 4 aromatic heterocycles. The predicted octanol–water partition coefficient (Wildman–Crippen LogP) is -1.04. The van der Waals surface area contributed by atoms with Crippen molar-refractivity contribution in [2.75, 3.05) is 42.4 Å². The lowest BCUT2D eigenvalue weighted by Crippen LogP contribution is -3.00. The van der Waals surface area contributed by atoms with Gasteiger partial charge in [0.2, 0.25) is 0 Å². The number of methoxy groups -OCH3 is 2. The summed E-state index contributed by atoms with van der Waals surface area (Å²) in [7, 11) is 11.9. The van der Waals surface area contributed by atoms with E-state index >= 15 is 0 Å². The summed E-state index contributed by atoms with van der Waals surface area (Å²) in [6.45, 7) is 1.59. The van der Waals surface area contributed by atoms with Crippen LogP contribution in [0.3, 0.4) is 0 Å². The summed E-state index contributed by atoms with van der Waals surface area (Å²) in [5.41, 5.74) is 20.3. The van der Waals surface area contributed by atoms with E-state index in [0.29, 0.717) is 5.15 Å². The summed E-state index contributed by atoms with van der Waals surface area (Å²) in [4.78, 5) is 28.6. The molecule has 4 heterocycles. The van der Waals surface area contributed by atoms with Crippen molar-refractivity contribution in [1.82, 2.24) is 39.0 Å². The summed E-state index contributed by atoms with van der Waals surface area (Å²) >= 11 is 5.80. The van der Waals surface area contributed by atoms with E-state index in [1.807, 2.05) is 85.5 Å². The van der Waals surface area contributed by atoms with E-state index in [-0.39, 0.29) is 40.1 Å². The zero-order valence-corrected chi connectivity index (χ0v) is 43.9. The first-order valence-electron chi connectivity index (χ1n) is 22.6. The normalized spacial score (nSPS) is 10.6. The Bertz CT molecular complexity index is 3340. The van der Waals surface area contributed by atoms with Crippen molar-refractivity contribution < 1.29 is 65.1 Å². The number of ether oxygens (including phenoxy) is 2. The minimum Gasteiger partial charge on any atom is -1.00 e. The van der Waals surface area contributed by atoms with Gasteiger partial charge in [0.05, 0.1) is 102 Å². The van der Waals surface area contributed by atoms with Gasteiger partial charge < -0.3 is 71.4 Å². The molecule has 0 aliphatic carbocycles. The van der Waals surface area contributed by atoms with Gasteiger partial charge in [0.25, 0.3) is 0 Å². The van der Waals surface area contributed by atoms with E-state index < -0.39 is 0 Å². The molecule has 0 saturated heterocycles. The summed E-state index contributed by atoms with van der Waals surface area (Å²) < 4.78 is 15.2. The molecule has 376 valence electrons. The number of imidazole rings is 2. The van der Waals surface area contributed by atoms with Crippen molar-refractivity contribution in [2.45, 2.75) is 19.5 Å². The minimum atomic E-state index is 0. The summed E-state index contributed by atoms with van der Waals surface area (Å²) in [6.07, 6.45) is 7.63. The van der Waals surface area contributed by atoms with Gasteiger partial charge in [-0.05, 0) is 72.3 Å².